The van der Waals surface area contributed by atoms with Crippen LogP contribution in [0.2, 0.25) is 0 Å². The molecule has 2 aliphatic heterocycles. The van der Waals surface area contributed by atoms with Crippen LogP contribution in [0, 0.1) is 16.2 Å². The fourth-order valence-corrected chi connectivity index (χ4v) is 13.1. The van der Waals surface area contributed by atoms with E-state index in [4.69, 9.17) is 14.3 Å². The lowest BCUT2D eigenvalue weighted by molar-refractivity contribution is -0.131. The van der Waals surface area contributed by atoms with E-state index >= 15 is 0 Å². The molecule has 1 amide bonds. The van der Waals surface area contributed by atoms with Crippen molar-refractivity contribution >= 4 is 29.5 Å². The van der Waals surface area contributed by atoms with Crippen molar-refractivity contribution in [1.29, 1.82) is 0 Å². The number of amides is 1. The zero-order valence-electron chi connectivity index (χ0n) is 36.2. The molecule has 2 saturated heterocycles. The quantitative estimate of drug-likeness (QED) is 0.174. The van der Waals surface area contributed by atoms with Gasteiger partial charge in [0.2, 0.25) is 5.91 Å². The molecule has 1 atom stereocenters. The van der Waals surface area contributed by atoms with Crippen LogP contribution in [0.25, 0.3) is 33.3 Å². The Bertz CT molecular complexity index is 2540. The average molecular weight is 798 g/mol. The molecule has 7 aliphatic rings. The van der Waals surface area contributed by atoms with Crippen LogP contribution in [0.15, 0.2) is 72.8 Å². The second-order valence-electron chi connectivity index (χ2n) is 21.7. The Morgan fingerprint density at radius 1 is 0.700 bits per heavy atom. The first-order valence-corrected chi connectivity index (χ1v) is 23.4. The first kappa shape index (κ1) is 37.6. The number of H-pyrrole nitrogens is 1. The third-order valence-electron chi connectivity index (χ3n) is 17.3. The topological polar surface area (TPSA) is 67.5 Å². The molecule has 0 radical (unpaired) electrons. The number of rotatable bonds is 6. The Hall–Kier alpha value is -4.20. The number of aromatic nitrogens is 2. The minimum Gasteiger partial charge on any atom is -0.399 e. The predicted octanol–water partition coefficient (Wildman–Crippen LogP) is 10.8. The number of imidazole rings is 1. The van der Waals surface area contributed by atoms with Crippen LogP contribution in [0.4, 0.5) is 0 Å². The fraction of sp³-hybridized carbons (Fsp3) is 0.509. The van der Waals surface area contributed by atoms with E-state index in [1.807, 2.05) is 18.2 Å². The van der Waals surface area contributed by atoms with Crippen LogP contribution >= 0.6 is 0 Å². The molecule has 0 bridgehead atoms. The van der Waals surface area contributed by atoms with Crippen molar-refractivity contribution in [3.63, 3.8) is 0 Å². The molecule has 7 heteroatoms. The summed E-state index contributed by atoms with van der Waals surface area (Å²) in [4.78, 5) is 24.9. The maximum absolute atomic E-state index is 13.8. The lowest BCUT2D eigenvalue weighted by atomic mass is 9.73. The molecule has 60 heavy (non-hydrogen) atoms. The third kappa shape index (κ3) is 5.95. The zero-order valence-corrected chi connectivity index (χ0v) is 36.2. The highest BCUT2D eigenvalue weighted by Gasteiger charge is 2.55. The second kappa shape index (κ2) is 13.2. The Morgan fingerprint density at radius 3 is 1.93 bits per heavy atom. The molecular formula is C53H60BN3O3. The molecule has 5 aliphatic carbocycles. The van der Waals surface area contributed by atoms with Crippen LogP contribution in [0.3, 0.4) is 0 Å². The van der Waals surface area contributed by atoms with Crippen molar-refractivity contribution in [2.45, 2.75) is 148 Å². The Balaban J connectivity index is 0.916. The fourth-order valence-electron chi connectivity index (χ4n) is 13.1. The number of benzene rings is 4. The number of carbonyl (C=O) groups excluding carboxylic acids is 1. The number of carbonyl (C=O) groups is 1. The lowest BCUT2D eigenvalue weighted by Gasteiger charge is -2.32. The monoisotopic (exact) mass is 797 g/mol. The highest BCUT2D eigenvalue weighted by molar-refractivity contribution is 6.62. The second-order valence-corrected chi connectivity index (χ2v) is 21.7. The van der Waals surface area contributed by atoms with Gasteiger partial charge in [-0.1, -0.05) is 86.3 Å². The molecule has 5 fully saturated rings. The maximum atomic E-state index is 13.8. The van der Waals surface area contributed by atoms with Gasteiger partial charge in [-0.05, 0) is 182 Å². The van der Waals surface area contributed by atoms with Gasteiger partial charge in [0.25, 0.3) is 0 Å². The average Bonchev–Trinajstić information content (AvgIpc) is 3.95. The summed E-state index contributed by atoms with van der Waals surface area (Å²) in [5, 5.41) is 0. The third-order valence-corrected chi connectivity index (χ3v) is 17.3. The summed E-state index contributed by atoms with van der Waals surface area (Å²) in [5.41, 5.74) is 16.5. The van der Waals surface area contributed by atoms with Gasteiger partial charge in [-0.2, -0.15) is 0 Å². The highest BCUT2D eigenvalue weighted by Crippen LogP contribution is 2.59. The molecule has 3 spiro atoms. The molecule has 5 aromatic rings. The molecule has 4 aromatic carbocycles. The SMILES string of the molecule is CC1(C)OB(c2ccc(-c3ccc(-c4ccc5nc([C@@H]6CC7(CC7)CN6C(=O)Cc6ccccc6)[nH]c5c4)c4c3CC3(CCCC3)C4)c3c2CC2(CCCC2)C3)OC1(C)C. The summed E-state index contributed by atoms with van der Waals surface area (Å²) < 4.78 is 13.5. The summed E-state index contributed by atoms with van der Waals surface area (Å²) in [5.74, 6) is 1.15. The number of nitrogens with one attached hydrogen (secondary N) is 1. The van der Waals surface area contributed by atoms with E-state index in [1.54, 1.807) is 16.7 Å². The van der Waals surface area contributed by atoms with Crippen molar-refractivity contribution in [2.75, 3.05) is 6.54 Å². The van der Waals surface area contributed by atoms with Crippen molar-refractivity contribution < 1.29 is 14.1 Å². The zero-order chi connectivity index (χ0) is 40.6. The van der Waals surface area contributed by atoms with Gasteiger partial charge in [0.15, 0.2) is 0 Å². The van der Waals surface area contributed by atoms with Gasteiger partial charge in [0.1, 0.15) is 5.82 Å². The number of hydrogen-bond acceptors (Lipinski definition) is 4. The van der Waals surface area contributed by atoms with E-state index in [0.29, 0.717) is 17.3 Å². The molecule has 308 valence electrons. The van der Waals surface area contributed by atoms with Gasteiger partial charge in [0.05, 0.1) is 34.7 Å². The Morgan fingerprint density at radius 2 is 1.28 bits per heavy atom. The molecular weight excluding hydrogens is 737 g/mol. The lowest BCUT2D eigenvalue weighted by Crippen LogP contribution is -2.41. The van der Waals surface area contributed by atoms with Gasteiger partial charge in [-0.15, -0.1) is 0 Å². The Kier molecular flexibility index (Phi) is 8.24. The van der Waals surface area contributed by atoms with Crippen molar-refractivity contribution in [3.8, 4) is 22.3 Å². The number of hydrogen-bond donors (Lipinski definition) is 1. The molecule has 0 unspecified atom stereocenters. The van der Waals surface area contributed by atoms with Crippen LogP contribution in [-0.2, 0) is 46.2 Å². The van der Waals surface area contributed by atoms with Crippen LogP contribution in [0.1, 0.15) is 138 Å². The van der Waals surface area contributed by atoms with Gasteiger partial charge in [-0.25, -0.2) is 4.98 Å². The van der Waals surface area contributed by atoms with E-state index in [0.717, 1.165) is 41.8 Å². The van der Waals surface area contributed by atoms with Gasteiger partial charge in [-0.3, -0.25) is 4.79 Å². The number of nitrogens with zero attached hydrogens (tertiary/aromatic N) is 2. The van der Waals surface area contributed by atoms with Crippen LogP contribution in [-0.4, -0.2) is 45.6 Å². The van der Waals surface area contributed by atoms with Gasteiger partial charge < -0.3 is 19.2 Å². The first-order chi connectivity index (χ1) is 28.9. The van der Waals surface area contributed by atoms with E-state index in [1.165, 1.54) is 117 Å². The molecule has 1 aromatic heterocycles. The van der Waals surface area contributed by atoms with E-state index in [9.17, 15) is 4.79 Å². The van der Waals surface area contributed by atoms with Crippen molar-refractivity contribution in [1.82, 2.24) is 14.9 Å². The smallest absolute Gasteiger partial charge is 0.399 e. The summed E-state index contributed by atoms with van der Waals surface area (Å²) >= 11 is 0. The molecule has 3 heterocycles. The summed E-state index contributed by atoms with van der Waals surface area (Å²) in [6, 6.07) is 26.8. The minimum absolute atomic E-state index is 0.00780. The van der Waals surface area contributed by atoms with Crippen LogP contribution in [0.5, 0.6) is 0 Å². The summed E-state index contributed by atoms with van der Waals surface area (Å²) in [7, 11) is -0.330. The molecule has 12 rings (SSSR count). The number of aromatic amines is 1. The van der Waals surface area contributed by atoms with E-state index < -0.39 is 0 Å². The number of fused-ring (bicyclic) bond motifs is 3. The van der Waals surface area contributed by atoms with Crippen molar-refractivity contribution in [3.05, 3.63) is 106 Å². The van der Waals surface area contributed by atoms with Gasteiger partial charge >= 0.3 is 7.12 Å². The van der Waals surface area contributed by atoms with Gasteiger partial charge in [0, 0.05) is 6.54 Å². The first-order valence-electron chi connectivity index (χ1n) is 23.4. The standard InChI is InChI=1S/C53H60BN3O3/c1-49(2)50(3,4)60-54(59-49)43-18-17-38(41-30-52(31-42(41)43)22-10-11-23-52)37-16-15-36(39-28-51(29-40(37)39)20-8-9-21-51)35-14-19-44-45(27-35)56-48(55-44)46-32-53(24-25-53)33-57(46)47(58)26-34-12-6-5-7-13-34/h5-7,12-19,27,46H,8-11,20-26,28-33H2,1-4H3,(H,55,56)/t46-/m0/s1. The Labute approximate surface area is 356 Å². The maximum Gasteiger partial charge on any atom is 0.495 e. The summed E-state index contributed by atoms with van der Waals surface area (Å²) in [6.45, 7) is 9.55. The molecule has 3 saturated carbocycles. The normalized spacial score (nSPS) is 24.7. The van der Waals surface area contributed by atoms with E-state index in [2.05, 4.69) is 92.2 Å². The highest BCUT2D eigenvalue weighted by atomic mass is 16.7. The molecule has 6 nitrogen and oxygen atoms in total. The summed E-state index contributed by atoms with van der Waals surface area (Å²) in [6.07, 6.45) is 19.2. The van der Waals surface area contributed by atoms with Crippen LogP contribution < -0.4 is 5.46 Å². The largest absolute Gasteiger partial charge is 0.495 e. The minimum atomic E-state index is -0.363. The van der Waals surface area contributed by atoms with E-state index in [-0.39, 0.29) is 35.7 Å². The predicted molar refractivity (Wildman–Crippen MR) is 240 cm³/mol. The molecule has 1 N–H and O–H groups in total. The number of likely N-dealkylation sites (tertiary alicyclic amines) is 1. The van der Waals surface area contributed by atoms with Crippen molar-refractivity contribution in [2.24, 2.45) is 16.2 Å².